The molecule has 0 saturated carbocycles. The van der Waals surface area contributed by atoms with E-state index in [9.17, 15) is 9.90 Å². The minimum atomic E-state index is -0.230. The normalized spacial score (nSPS) is 10.9. The van der Waals surface area contributed by atoms with Gasteiger partial charge >= 0.3 is 0 Å². The molecule has 2 aromatic rings. The molecule has 114 valence electrons. The summed E-state index contributed by atoms with van der Waals surface area (Å²) in [6.45, 7) is 0. The van der Waals surface area contributed by atoms with E-state index < -0.39 is 0 Å². The predicted octanol–water partition coefficient (Wildman–Crippen LogP) is 4.37. The SMILES string of the molecule is O=C(Cc1ccc(Br)cc1)N/N=C/c1cc(Br)cc(Br)c1O. The second-order valence-corrected chi connectivity index (χ2v) is 7.11. The Morgan fingerprint density at radius 1 is 1.14 bits per heavy atom. The Kier molecular flexibility index (Phi) is 6.16. The molecular weight excluding hydrogens is 480 g/mol. The van der Waals surface area contributed by atoms with Gasteiger partial charge < -0.3 is 5.11 Å². The molecule has 0 fully saturated rings. The molecule has 2 rings (SSSR count). The molecule has 7 heteroatoms. The van der Waals surface area contributed by atoms with E-state index in [0.717, 1.165) is 14.5 Å². The maximum atomic E-state index is 11.8. The van der Waals surface area contributed by atoms with Crippen molar-refractivity contribution in [2.45, 2.75) is 6.42 Å². The third-order valence-electron chi connectivity index (χ3n) is 2.73. The van der Waals surface area contributed by atoms with Gasteiger partial charge in [0.2, 0.25) is 5.91 Å². The topological polar surface area (TPSA) is 61.7 Å². The number of hydrazone groups is 1. The molecule has 0 atom stereocenters. The summed E-state index contributed by atoms with van der Waals surface area (Å²) < 4.78 is 2.30. The van der Waals surface area contributed by atoms with E-state index in [4.69, 9.17) is 0 Å². The van der Waals surface area contributed by atoms with Gasteiger partial charge in [-0.05, 0) is 45.8 Å². The number of nitrogens with one attached hydrogen (secondary N) is 1. The van der Waals surface area contributed by atoms with Crippen LogP contribution in [0, 0.1) is 0 Å². The second kappa shape index (κ2) is 7.89. The summed E-state index contributed by atoms with van der Waals surface area (Å²) in [5.74, 6) is -0.166. The van der Waals surface area contributed by atoms with Gasteiger partial charge in [-0.1, -0.05) is 44.0 Å². The number of phenols is 1. The monoisotopic (exact) mass is 488 g/mol. The van der Waals surface area contributed by atoms with Crippen molar-refractivity contribution in [1.29, 1.82) is 0 Å². The van der Waals surface area contributed by atoms with Crippen molar-refractivity contribution in [2.24, 2.45) is 5.10 Å². The lowest BCUT2D eigenvalue weighted by Crippen LogP contribution is -2.19. The first-order valence-electron chi connectivity index (χ1n) is 6.20. The molecule has 0 aliphatic rings. The molecule has 4 nitrogen and oxygen atoms in total. The third-order valence-corrected chi connectivity index (χ3v) is 4.32. The average molecular weight is 491 g/mol. The zero-order chi connectivity index (χ0) is 16.1. The average Bonchev–Trinajstić information content (AvgIpc) is 2.46. The van der Waals surface area contributed by atoms with E-state index in [0.29, 0.717) is 10.0 Å². The number of nitrogens with zero attached hydrogens (tertiary/aromatic N) is 1. The second-order valence-electron chi connectivity index (χ2n) is 4.42. The highest BCUT2D eigenvalue weighted by molar-refractivity contribution is 9.11. The fourth-order valence-corrected chi connectivity index (χ4v) is 3.21. The molecule has 1 amide bonds. The Morgan fingerprint density at radius 2 is 1.82 bits per heavy atom. The standard InChI is InChI=1S/C15H11Br3N2O2/c16-11-3-1-9(2-4-11)5-14(21)20-19-8-10-6-12(17)7-13(18)15(10)22/h1-4,6-8,22H,5H2,(H,20,21)/b19-8+. The summed E-state index contributed by atoms with van der Waals surface area (Å²) in [5, 5.41) is 13.7. The van der Waals surface area contributed by atoms with Crippen molar-refractivity contribution in [2.75, 3.05) is 0 Å². The van der Waals surface area contributed by atoms with Gasteiger partial charge in [0.1, 0.15) is 5.75 Å². The molecule has 0 aliphatic carbocycles. The van der Waals surface area contributed by atoms with Crippen LogP contribution in [0.3, 0.4) is 0 Å². The van der Waals surface area contributed by atoms with Gasteiger partial charge in [0, 0.05) is 14.5 Å². The molecule has 0 radical (unpaired) electrons. The molecular formula is C15H11Br3N2O2. The smallest absolute Gasteiger partial charge is 0.244 e. The largest absolute Gasteiger partial charge is 0.506 e. The van der Waals surface area contributed by atoms with Crippen LogP contribution < -0.4 is 5.43 Å². The molecule has 0 aromatic heterocycles. The van der Waals surface area contributed by atoms with Gasteiger partial charge in [0.15, 0.2) is 0 Å². The number of benzene rings is 2. The predicted molar refractivity (Wildman–Crippen MR) is 97.1 cm³/mol. The van der Waals surface area contributed by atoms with Crippen LogP contribution >= 0.6 is 47.8 Å². The van der Waals surface area contributed by atoms with Crippen molar-refractivity contribution >= 4 is 59.9 Å². The molecule has 22 heavy (non-hydrogen) atoms. The van der Waals surface area contributed by atoms with Gasteiger partial charge in [-0.25, -0.2) is 5.43 Å². The molecule has 2 aromatic carbocycles. The van der Waals surface area contributed by atoms with Gasteiger partial charge in [0.25, 0.3) is 0 Å². The van der Waals surface area contributed by atoms with E-state index in [2.05, 4.69) is 58.3 Å². The fraction of sp³-hybridized carbons (Fsp3) is 0.0667. The highest BCUT2D eigenvalue weighted by Crippen LogP contribution is 2.30. The van der Waals surface area contributed by atoms with Crippen LogP contribution in [0.1, 0.15) is 11.1 Å². The van der Waals surface area contributed by atoms with Crippen molar-refractivity contribution in [3.05, 3.63) is 60.9 Å². The van der Waals surface area contributed by atoms with Crippen LogP contribution in [0.25, 0.3) is 0 Å². The molecule has 2 N–H and O–H groups in total. The van der Waals surface area contributed by atoms with Gasteiger partial charge in [0.05, 0.1) is 17.1 Å². The number of rotatable bonds is 4. The van der Waals surface area contributed by atoms with E-state index in [1.165, 1.54) is 6.21 Å². The first-order valence-corrected chi connectivity index (χ1v) is 8.58. The van der Waals surface area contributed by atoms with Crippen LogP contribution in [0.15, 0.2) is 54.9 Å². The zero-order valence-electron chi connectivity index (χ0n) is 11.2. The number of carbonyl (C=O) groups excluding carboxylic acids is 1. The molecule has 0 bridgehead atoms. The van der Waals surface area contributed by atoms with E-state index in [1.807, 2.05) is 24.3 Å². The zero-order valence-corrected chi connectivity index (χ0v) is 15.9. The Morgan fingerprint density at radius 3 is 2.50 bits per heavy atom. The summed E-state index contributed by atoms with van der Waals surface area (Å²) >= 11 is 9.90. The first-order chi connectivity index (χ1) is 10.5. The van der Waals surface area contributed by atoms with Crippen LogP contribution in [-0.2, 0) is 11.2 Å². The summed E-state index contributed by atoms with van der Waals surface area (Å²) in [6.07, 6.45) is 1.63. The van der Waals surface area contributed by atoms with E-state index in [-0.39, 0.29) is 18.1 Å². The number of aromatic hydroxyl groups is 1. The van der Waals surface area contributed by atoms with Gasteiger partial charge in [-0.15, -0.1) is 0 Å². The lowest BCUT2D eigenvalue weighted by molar-refractivity contribution is -0.120. The van der Waals surface area contributed by atoms with Crippen molar-refractivity contribution < 1.29 is 9.90 Å². The van der Waals surface area contributed by atoms with Crippen molar-refractivity contribution in [1.82, 2.24) is 5.43 Å². The van der Waals surface area contributed by atoms with Crippen LogP contribution in [0.4, 0.5) is 0 Å². The fourth-order valence-electron chi connectivity index (χ4n) is 1.69. The number of hydrogen-bond acceptors (Lipinski definition) is 3. The Balaban J connectivity index is 1.97. The molecule has 0 unspecified atom stereocenters. The van der Waals surface area contributed by atoms with Gasteiger partial charge in [-0.2, -0.15) is 5.10 Å². The summed E-state index contributed by atoms with van der Waals surface area (Å²) in [4.78, 5) is 11.8. The maximum absolute atomic E-state index is 11.8. The number of hydrogen-bond donors (Lipinski definition) is 2. The lowest BCUT2D eigenvalue weighted by atomic mass is 10.1. The highest BCUT2D eigenvalue weighted by Gasteiger charge is 2.06. The number of carbonyl (C=O) groups is 1. The first kappa shape index (κ1) is 17.2. The van der Waals surface area contributed by atoms with E-state index in [1.54, 1.807) is 12.1 Å². The molecule has 0 heterocycles. The van der Waals surface area contributed by atoms with Gasteiger partial charge in [-0.3, -0.25) is 4.79 Å². The Labute approximate surface area is 153 Å². The Hall–Kier alpha value is -1.18. The summed E-state index contributed by atoms with van der Waals surface area (Å²) in [6, 6.07) is 10.9. The minimum absolute atomic E-state index is 0.0640. The van der Waals surface area contributed by atoms with Crippen molar-refractivity contribution in [3.8, 4) is 5.75 Å². The molecule has 0 spiro atoms. The molecule has 0 saturated heterocycles. The summed E-state index contributed by atoms with van der Waals surface area (Å²) in [7, 11) is 0. The number of halogens is 3. The molecule has 0 aliphatic heterocycles. The maximum Gasteiger partial charge on any atom is 0.244 e. The third kappa shape index (κ3) is 4.93. The number of amides is 1. The van der Waals surface area contributed by atoms with Crippen LogP contribution in [0.5, 0.6) is 5.75 Å². The summed E-state index contributed by atoms with van der Waals surface area (Å²) in [5.41, 5.74) is 3.82. The lowest BCUT2D eigenvalue weighted by Gasteiger charge is -2.03. The van der Waals surface area contributed by atoms with Crippen molar-refractivity contribution in [3.63, 3.8) is 0 Å². The quantitative estimate of drug-likeness (QED) is 0.494. The minimum Gasteiger partial charge on any atom is -0.506 e. The highest BCUT2D eigenvalue weighted by atomic mass is 79.9. The number of phenolic OH excluding ortho intramolecular Hbond substituents is 1. The van der Waals surface area contributed by atoms with Crippen LogP contribution in [-0.4, -0.2) is 17.2 Å². The Bertz CT molecular complexity index is 715. The van der Waals surface area contributed by atoms with E-state index >= 15 is 0 Å². The van der Waals surface area contributed by atoms with Crippen LogP contribution in [0.2, 0.25) is 0 Å².